The molecule has 0 radical (unpaired) electrons. The molecule has 1 fully saturated rings. The second-order valence-electron chi connectivity index (χ2n) is 7.38. The smallest absolute Gasteiger partial charge is 0.166 e. The predicted octanol–water partition coefficient (Wildman–Crippen LogP) is 4.79. The van der Waals surface area contributed by atoms with E-state index in [9.17, 15) is 8.78 Å². The standard InChI is InChI=1S/C23H27F2N5S/c1-4-8-31-14(2)23-29-22(16-6-5-7-18(25)9-16)21(17(11-26)12-28-15(3)24)20-10-19(27)13-30(20)23/h4-9,11-12,15,19,22,26,28H,2,10,13,27H2,1,3H3/b8-4-,17-12+,26-11?. The first kappa shape index (κ1) is 23.0. The molecule has 8 heteroatoms. The van der Waals surface area contributed by atoms with Crippen LogP contribution in [0.5, 0.6) is 0 Å². The van der Waals surface area contributed by atoms with Crippen molar-refractivity contribution >= 4 is 23.8 Å². The van der Waals surface area contributed by atoms with Crippen LogP contribution in [-0.2, 0) is 0 Å². The molecule has 5 nitrogen and oxygen atoms in total. The van der Waals surface area contributed by atoms with Gasteiger partial charge in [-0.1, -0.05) is 36.5 Å². The van der Waals surface area contributed by atoms with E-state index in [1.54, 1.807) is 12.1 Å². The van der Waals surface area contributed by atoms with Gasteiger partial charge in [0.25, 0.3) is 0 Å². The molecule has 0 bridgehead atoms. The van der Waals surface area contributed by atoms with Crippen LogP contribution in [0.3, 0.4) is 0 Å². The molecule has 4 N–H and O–H groups in total. The van der Waals surface area contributed by atoms with Gasteiger partial charge in [-0.2, -0.15) is 0 Å². The van der Waals surface area contributed by atoms with Crippen molar-refractivity contribution < 1.29 is 8.78 Å². The van der Waals surface area contributed by atoms with Crippen LogP contribution in [0, 0.1) is 11.2 Å². The summed E-state index contributed by atoms with van der Waals surface area (Å²) >= 11 is 1.46. The highest BCUT2D eigenvalue weighted by molar-refractivity contribution is 8.06. The highest BCUT2D eigenvalue weighted by Crippen LogP contribution is 2.43. The molecule has 1 aromatic rings. The number of nitrogens with zero attached hydrogens (tertiary/aromatic N) is 2. The average molecular weight is 444 g/mol. The zero-order valence-electron chi connectivity index (χ0n) is 17.6. The van der Waals surface area contributed by atoms with Crippen molar-refractivity contribution in [2.45, 2.75) is 38.6 Å². The Morgan fingerprint density at radius 2 is 2.26 bits per heavy atom. The fourth-order valence-corrected chi connectivity index (χ4v) is 4.29. The number of hydrogen-bond acceptors (Lipinski definition) is 6. The van der Waals surface area contributed by atoms with Crippen LogP contribution in [0.2, 0.25) is 0 Å². The Morgan fingerprint density at radius 3 is 2.90 bits per heavy atom. The summed E-state index contributed by atoms with van der Waals surface area (Å²) in [7, 11) is 0. The van der Waals surface area contributed by atoms with Crippen molar-refractivity contribution in [3.05, 3.63) is 81.7 Å². The Bertz CT molecular complexity index is 980. The molecule has 0 amide bonds. The van der Waals surface area contributed by atoms with Gasteiger partial charge >= 0.3 is 0 Å². The second-order valence-corrected chi connectivity index (χ2v) is 8.38. The molecule has 164 valence electrons. The van der Waals surface area contributed by atoms with Gasteiger partial charge in [-0.05, 0) is 37.0 Å². The number of aliphatic imine (C=N–C) groups is 1. The third kappa shape index (κ3) is 5.14. The molecule has 2 aliphatic heterocycles. The minimum atomic E-state index is -1.28. The fourth-order valence-electron chi connectivity index (χ4n) is 3.72. The number of nitrogens with one attached hydrogen (secondary N) is 2. The molecule has 0 aliphatic carbocycles. The highest BCUT2D eigenvalue weighted by atomic mass is 32.2. The summed E-state index contributed by atoms with van der Waals surface area (Å²) in [5, 5.41) is 12.5. The lowest BCUT2D eigenvalue weighted by molar-refractivity contribution is 0.329. The van der Waals surface area contributed by atoms with Crippen LogP contribution in [0.15, 0.2) is 75.3 Å². The molecule has 31 heavy (non-hydrogen) atoms. The lowest BCUT2D eigenvalue weighted by Crippen LogP contribution is -2.35. The number of halogens is 2. The normalized spacial score (nSPS) is 22.4. The van der Waals surface area contributed by atoms with Crippen molar-refractivity contribution in [1.29, 1.82) is 5.41 Å². The van der Waals surface area contributed by atoms with Crippen LogP contribution < -0.4 is 11.1 Å². The Balaban J connectivity index is 2.19. The van der Waals surface area contributed by atoms with Crippen molar-refractivity contribution in [3.8, 4) is 0 Å². The monoisotopic (exact) mass is 443 g/mol. The van der Waals surface area contributed by atoms with Gasteiger partial charge < -0.3 is 21.4 Å². The van der Waals surface area contributed by atoms with Crippen molar-refractivity contribution in [3.63, 3.8) is 0 Å². The predicted molar refractivity (Wildman–Crippen MR) is 125 cm³/mol. The number of fused-ring (bicyclic) bond motifs is 1. The third-order valence-electron chi connectivity index (χ3n) is 4.99. The van der Waals surface area contributed by atoms with E-state index in [0.717, 1.165) is 16.8 Å². The van der Waals surface area contributed by atoms with Crippen LogP contribution >= 0.6 is 11.8 Å². The summed E-state index contributed by atoms with van der Waals surface area (Å²) in [4.78, 5) is 7.71. The number of amidine groups is 1. The molecule has 0 aromatic heterocycles. The maximum atomic E-state index is 14.1. The Labute approximate surface area is 186 Å². The van der Waals surface area contributed by atoms with E-state index >= 15 is 0 Å². The van der Waals surface area contributed by atoms with E-state index in [1.807, 2.05) is 23.3 Å². The zero-order chi connectivity index (χ0) is 22.5. The zero-order valence-corrected chi connectivity index (χ0v) is 18.4. The van der Waals surface area contributed by atoms with Gasteiger partial charge in [0, 0.05) is 53.2 Å². The molecule has 2 heterocycles. The van der Waals surface area contributed by atoms with Gasteiger partial charge in [0.05, 0.1) is 0 Å². The summed E-state index contributed by atoms with van der Waals surface area (Å²) in [6.07, 6.45) is 3.84. The molecule has 0 spiro atoms. The molecule has 0 saturated carbocycles. The molecular formula is C23H27F2N5S. The van der Waals surface area contributed by atoms with E-state index < -0.39 is 12.3 Å². The maximum absolute atomic E-state index is 14.1. The number of nitrogens with two attached hydrogens (primary N) is 1. The minimum Gasteiger partial charge on any atom is -0.362 e. The molecule has 2 aliphatic rings. The number of allylic oxidation sites excluding steroid dienone is 1. The first-order chi connectivity index (χ1) is 14.8. The van der Waals surface area contributed by atoms with Gasteiger partial charge in [0.2, 0.25) is 0 Å². The SMILES string of the molecule is C=C(S/C=C\C)C1=NC(c2cccc(F)c2)C(/C(C=N)=C/NC(C)F)=C2CC(N)CN12. The highest BCUT2D eigenvalue weighted by Gasteiger charge is 2.38. The Kier molecular flexibility index (Phi) is 7.46. The van der Waals surface area contributed by atoms with Crippen molar-refractivity contribution in [1.82, 2.24) is 10.2 Å². The lowest BCUT2D eigenvalue weighted by atomic mass is 9.89. The van der Waals surface area contributed by atoms with Crippen molar-refractivity contribution in [2.75, 3.05) is 6.54 Å². The fraction of sp³-hybridized carbons (Fsp3) is 0.304. The lowest BCUT2D eigenvalue weighted by Gasteiger charge is -2.34. The summed E-state index contributed by atoms with van der Waals surface area (Å²) in [5.41, 5.74) is 9.03. The van der Waals surface area contributed by atoms with E-state index in [0.29, 0.717) is 35.5 Å². The Morgan fingerprint density at radius 1 is 1.48 bits per heavy atom. The van der Waals surface area contributed by atoms with Crippen LogP contribution in [-0.4, -0.2) is 35.8 Å². The number of thioether (sulfide) groups is 1. The topological polar surface area (TPSA) is 77.5 Å². The summed E-state index contributed by atoms with van der Waals surface area (Å²) in [6.45, 7) is 8.03. The first-order valence-corrected chi connectivity index (χ1v) is 10.9. The molecule has 3 atom stereocenters. The van der Waals surface area contributed by atoms with Crippen molar-refractivity contribution in [2.24, 2.45) is 10.7 Å². The Hall–Kier alpha value is -2.71. The van der Waals surface area contributed by atoms with E-state index in [4.69, 9.17) is 16.1 Å². The molecule has 1 aromatic carbocycles. The third-order valence-corrected chi connectivity index (χ3v) is 5.86. The quantitative estimate of drug-likeness (QED) is 0.399. The summed E-state index contributed by atoms with van der Waals surface area (Å²) in [6, 6.07) is 5.55. The van der Waals surface area contributed by atoms with Gasteiger partial charge in [-0.3, -0.25) is 4.99 Å². The molecule has 3 unspecified atom stereocenters. The summed E-state index contributed by atoms with van der Waals surface area (Å²) in [5.74, 6) is 0.308. The molecule has 3 rings (SSSR count). The van der Waals surface area contributed by atoms with E-state index in [1.165, 1.54) is 37.0 Å². The van der Waals surface area contributed by atoms with Gasteiger partial charge in [-0.25, -0.2) is 8.78 Å². The second kappa shape index (κ2) is 10.1. The average Bonchev–Trinajstić information content (AvgIpc) is 3.13. The molecular weight excluding hydrogens is 416 g/mol. The number of rotatable bonds is 8. The maximum Gasteiger partial charge on any atom is 0.166 e. The van der Waals surface area contributed by atoms with Crippen LogP contribution in [0.25, 0.3) is 0 Å². The summed E-state index contributed by atoms with van der Waals surface area (Å²) < 4.78 is 27.6. The largest absolute Gasteiger partial charge is 0.362 e. The number of benzene rings is 1. The van der Waals surface area contributed by atoms with Crippen LogP contribution in [0.1, 0.15) is 31.9 Å². The van der Waals surface area contributed by atoms with Gasteiger partial charge in [0.1, 0.15) is 17.7 Å². The van der Waals surface area contributed by atoms with Gasteiger partial charge in [0.15, 0.2) is 6.30 Å². The first-order valence-electron chi connectivity index (χ1n) is 10.0. The van der Waals surface area contributed by atoms with E-state index in [-0.39, 0.29) is 11.9 Å². The molecule has 1 saturated heterocycles. The van der Waals surface area contributed by atoms with E-state index in [2.05, 4.69) is 11.9 Å². The number of hydrogen-bond donors (Lipinski definition) is 3. The van der Waals surface area contributed by atoms with Crippen LogP contribution in [0.4, 0.5) is 8.78 Å². The van der Waals surface area contributed by atoms with Gasteiger partial charge in [-0.15, -0.1) is 0 Å². The minimum absolute atomic E-state index is 0.124. The number of alkyl halides is 1.